The molecule has 30 heavy (non-hydrogen) atoms. The number of aromatic hydroxyl groups is 1. The van der Waals surface area contributed by atoms with Crippen molar-refractivity contribution in [3.8, 4) is 17.0 Å². The first-order chi connectivity index (χ1) is 13.3. The van der Waals surface area contributed by atoms with E-state index in [1.54, 1.807) is 18.3 Å². The second-order valence-electron chi connectivity index (χ2n) is 6.62. The minimum Gasteiger partial charge on any atom is -1.00 e. The van der Waals surface area contributed by atoms with E-state index in [9.17, 15) is 5.11 Å². The Morgan fingerprint density at radius 1 is 0.900 bits per heavy atom. The third-order valence-corrected chi connectivity index (χ3v) is 4.99. The summed E-state index contributed by atoms with van der Waals surface area (Å²) in [6.07, 6.45) is 2.68. The Morgan fingerprint density at radius 2 is 1.70 bits per heavy atom. The molecule has 1 aliphatic carbocycles. The summed E-state index contributed by atoms with van der Waals surface area (Å²) < 4.78 is 0. The summed E-state index contributed by atoms with van der Waals surface area (Å²) in [6, 6.07) is 27.2. The van der Waals surface area contributed by atoms with Crippen LogP contribution in [-0.4, -0.2) is 15.1 Å². The topological polar surface area (TPSA) is 48.9 Å². The van der Waals surface area contributed by atoms with Crippen molar-refractivity contribution < 1.29 is 51.6 Å². The van der Waals surface area contributed by atoms with Crippen molar-refractivity contribution in [1.29, 1.82) is 0 Å². The minimum absolute atomic E-state index is 0. The molecular weight excluding hydrogens is 451 g/mol. The molecule has 0 saturated heterocycles. The smallest absolute Gasteiger partial charge is 1.00 e. The van der Waals surface area contributed by atoms with E-state index in [2.05, 4.69) is 52.4 Å². The molecule has 0 spiro atoms. The number of H-pyrrole nitrogens is 1. The van der Waals surface area contributed by atoms with Crippen molar-refractivity contribution in [3.05, 3.63) is 96.2 Å². The van der Waals surface area contributed by atoms with Gasteiger partial charge in [-0.2, -0.15) is 24.3 Å². The van der Waals surface area contributed by atoms with Gasteiger partial charge in [0, 0.05) is 22.5 Å². The van der Waals surface area contributed by atoms with Crippen molar-refractivity contribution in [3.63, 3.8) is 0 Å². The van der Waals surface area contributed by atoms with Gasteiger partial charge >= 0.3 is 21.7 Å². The molecule has 3 aromatic carbocycles. The SMILES string of the molecule is Oc1cccc2cccnc12.[Cl-].[Cl-].[Ti+3].[c-]1cccc2c1Cc1c-2[nH]c2ccccc12. The Labute approximate surface area is 202 Å². The fraction of sp³-hybridized carbons (Fsp3) is 0.0417. The standard InChI is InChI=1S/C15H10N.C9H7NO.2ClH.Ti/c1-2-6-11-10(5-1)9-13-12-7-3-4-8-14(12)16-15(11)13;11-8-5-1-3-7-4-2-6-10-9(7)8;;;/h1-4,6-8,16H,9H2;1-6,11H;2*1H;/q-1;;;;+3/p-2. The molecule has 2 N–H and O–H groups in total. The third kappa shape index (κ3) is 4.26. The number of fused-ring (bicyclic) bond motifs is 6. The number of hydrogen-bond donors (Lipinski definition) is 2. The third-order valence-electron chi connectivity index (χ3n) is 4.99. The van der Waals surface area contributed by atoms with Crippen molar-refractivity contribution >= 4 is 21.8 Å². The molecule has 5 aromatic rings. The van der Waals surface area contributed by atoms with Crippen LogP contribution in [-0.2, 0) is 28.1 Å². The van der Waals surface area contributed by atoms with E-state index in [-0.39, 0.29) is 52.3 Å². The molecule has 0 bridgehead atoms. The fourth-order valence-corrected chi connectivity index (χ4v) is 3.73. The Hall–Kier alpha value is -2.30. The maximum absolute atomic E-state index is 9.31. The van der Waals surface area contributed by atoms with Gasteiger partial charge in [-0.25, -0.2) is 0 Å². The van der Waals surface area contributed by atoms with Crippen LogP contribution in [0.25, 0.3) is 33.1 Å². The van der Waals surface area contributed by atoms with Crippen LogP contribution < -0.4 is 24.8 Å². The summed E-state index contributed by atoms with van der Waals surface area (Å²) in [5.41, 5.74) is 7.24. The first-order valence-corrected chi connectivity index (χ1v) is 8.93. The molecule has 2 aromatic heterocycles. The second kappa shape index (κ2) is 10.1. The van der Waals surface area contributed by atoms with Gasteiger partial charge in [0.05, 0.1) is 0 Å². The summed E-state index contributed by atoms with van der Waals surface area (Å²) in [5, 5.41) is 11.6. The molecule has 2 heterocycles. The van der Waals surface area contributed by atoms with Gasteiger partial charge < -0.3 is 34.9 Å². The number of phenolic OH excluding ortho intramolecular Hbond substituents is 1. The van der Waals surface area contributed by atoms with E-state index in [0.717, 1.165) is 11.8 Å². The summed E-state index contributed by atoms with van der Waals surface area (Å²) in [6.45, 7) is 0. The monoisotopic (exact) mass is 467 g/mol. The normalized spacial score (nSPS) is 10.5. The van der Waals surface area contributed by atoms with Crippen LogP contribution in [0.5, 0.6) is 5.75 Å². The number of nitrogens with one attached hydrogen (secondary N) is 1. The van der Waals surface area contributed by atoms with Crippen LogP contribution in [0.3, 0.4) is 0 Å². The quantitative estimate of drug-likeness (QED) is 0.233. The number of para-hydroxylation sites is 2. The van der Waals surface area contributed by atoms with Crippen LogP contribution >= 0.6 is 0 Å². The molecule has 3 nitrogen and oxygen atoms in total. The number of halogens is 2. The van der Waals surface area contributed by atoms with E-state index in [1.807, 2.05) is 24.3 Å². The van der Waals surface area contributed by atoms with Crippen molar-refractivity contribution in [2.75, 3.05) is 0 Å². The van der Waals surface area contributed by atoms with Gasteiger partial charge in [0.1, 0.15) is 11.3 Å². The van der Waals surface area contributed by atoms with Crippen LogP contribution in [0.4, 0.5) is 0 Å². The van der Waals surface area contributed by atoms with Gasteiger partial charge in [-0.3, -0.25) is 4.98 Å². The first kappa shape index (κ1) is 24.0. The summed E-state index contributed by atoms with van der Waals surface area (Å²) in [5.74, 6) is 0.239. The Bertz CT molecular complexity index is 1280. The van der Waals surface area contributed by atoms with E-state index < -0.39 is 0 Å². The molecule has 6 rings (SSSR count). The number of aromatic nitrogens is 2. The van der Waals surface area contributed by atoms with Crippen LogP contribution in [0.2, 0.25) is 0 Å². The van der Waals surface area contributed by atoms with E-state index in [4.69, 9.17) is 0 Å². The fourth-order valence-electron chi connectivity index (χ4n) is 3.73. The van der Waals surface area contributed by atoms with Crippen molar-refractivity contribution in [1.82, 2.24) is 9.97 Å². The first-order valence-electron chi connectivity index (χ1n) is 8.93. The summed E-state index contributed by atoms with van der Waals surface area (Å²) in [7, 11) is 0. The van der Waals surface area contributed by atoms with Crippen molar-refractivity contribution in [2.45, 2.75) is 6.42 Å². The predicted octanol–water partition coefficient (Wildman–Crippen LogP) is -0.515. The van der Waals surface area contributed by atoms with E-state index in [1.165, 1.54) is 33.3 Å². The van der Waals surface area contributed by atoms with Gasteiger partial charge in [0.15, 0.2) is 0 Å². The zero-order chi connectivity index (χ0) is 18.2. The molecule has 0 unspecified atom stereocenters. The van der Waals surface area contributed by atoms with Crippen LogP contribution in [0, 0.1) is 6.07 Å². The second-order valence-corrected chi connectivity index (χ2v) is 6.62. The number of phenols is 1. The van der Waals surface area contributed by atoms with Gasteiger partial charge in [-0.15, -0.1) is 11.1 Å². The Kier molecular flexibility index (Phi) is 8.11. The molecule has 0 amide bonds. The molecule has 1 aliphatic rings. The largest absolute Gasteiger partial charge is 3.00 e. The maximum atomic E-state index is 9.31. The summed E-state index contributed by atoms with van der Waals surface area (Å²) in [4.78, 5) is 7.54. The minimum atomic E-state index is 0. The molecule has 0 aliphatic heterocycles. The average molecular weight is 468 g/mol. The molecule has 147 valence electrons. The molecular formula is C24H17Cl2N2OTi. The van der Waals surface area contributed by atoms with Gasteiger partial charge in [0.25, 0.3) is 0 Å². The summed E-state index contributed by atoms with van der Waals surface area (Å²) >= 11 is 0. The predicted molar refractivity (Wildman–Crippen MR) is 109 cm³/mol. The molecule has 0 saturated carbocycles. The van der Waals surface area contributed by atoms with E-state index in [0.29, 0.717) is 5.52 Å². The van der Waals surface area contributed by atoms with Crippen LogP contribution in [0.15, 0.2) is 79.0 Å². The number of benzene rings is 3. The van der Waals surface area contributed by atoms with Gasteiger partial charge in [0.2, 0.25) is 0 Å². The maximum Gasteiger partial charge on any atom is 3.00 e. The number of pyridine rings is 1. The molecule has 6 heteroatoms. The molecule has 0 fully saturated rings. The number of rotatable bonds is 0. The van der Waals surface area contributed by atoms with Gasteiger partial charge in [-0.1, -0.05) is 36.4 Å². The Balaban J connectivity index is 0.000000206. The zero-order valence-electron chi connectivity index (χ0n) is 15.9. The molecule has 0 atom stereocenters. The van der Waals surface area contributed by atoms with Gasteiger partial charge in [-0.05, 0) is 35.9 Å². The van der Waals surface area contributed by atoms with Crippen molar-refractivity contribution in [2.24, 2.45) is 0 Å². The zero-order valence-corrected chi connectivity index (χ0v) is 18.9. The number of hydrogen-bond acceptors (Lipinski definition) is 2. The van der Waals surface area contributed by atoms with E-state index >= 15 is 0 Å². The molecule has 1 radical (unpaired) electrons. The number of nitrogens with zero attached hydrogens (tertiary/aromatic N) is 1. The number of aromatic amines is 1. The Morgan fingerprint density at radius 3 is 2.53 bits per heavy atom. The average Bonchev–Trinajstić information content (AvgIpc) is 3.25. The van der Waals surface area contributed by atoms with Crippen LogP contribution in [0.1, 0.15) is 11.1 Å².